The topological polar surface area (TPSA) is 96.2 Å². The van der Waals surface area contributed by atoms with Crippen LogP contribution < -0.4 is 14.8 Å². The van der Waals surface area contributed by atoms with Crippen LogP contribution in [-0.4, -0.2) is 37.9 Å². The number of hydrogen-bond donors (Lipinski definition) is 1. The number of ketones is 1. The van der Waals surface area contributed by atoms with Gasteiger partial charge in [0.1, 0.15) is 12.4 Å². The lowest BCUT2D eigenvalue weighted by molar-refractivity contribution is -0.142. The molecule has 0 saturated carbocycles. The first-order valence-electron chi connectivity index (χ1n) is 12.1. The molecule has 1 aliphatic carbocycles. The zero-order valence-electron chi connectivity index (χ0n) is 19.8. The van der Waals surface area contributed by atoms with E-state index >= 15 is 0 Å². The zero-order chi connectivity index (χ0) is 24.8. The van der Waals surface area contributed by atoms with Crippen LogP contribution in [-0.2, 0) is 19.1 Å². The standard InChI is InChI=1S/C27H26BrNO7/c1-14-24(27(31)34-12-16-4-2-6-32-16)25(17-10-22-23(11-18(17)28)36-13-35-22)26-19(29-14)8-15(9-20(26)30)21-5-3-7-33-21/h3,5,7,10-11,15-16,25,29H,2,4,6,8-9,12-13H2,1H3/t15-,16-,25+/m0/s1. The Bertz CT molecular complexity index is 1270. The van der Waals surface area contributed by atoms with Crippen molar-refractivity contribution in [2.45, 2.75) is 50.5 Å². The Morgan fingerprint density at radius 2 is 2.06 bits per heavy atom. The fraction of sp³-hybridized carbons (Fsp3) is 0.407. The SMILES string of the molecule is CC1=C(C(=O)OC[C@@H]2CCCO2)[C@@H](c2cc3c(cc2Br)OCO3)C2=C(C[C@H](c3ccco3)CC2=O)N1. The number of hydrogen-bond acceptors (Lipinski definition) is 8. The number of allylic oxidation sites excluding steroid dienone is 3. The van der Waals surface area contributed by atoms with Crippen molar-refractivity contribution in [2.75, 3.05) is 20.0 Å². The molecule has 0 spiro atoms. The minimum absolute atomic E-state index is 0.0309. The van der Waals surface area contributed by atoms with E-state index in [9.17, 15) is 9.59 Å². The molecule has 0 radical (unpaired) electrons. The minimum atomic E-state index is -0.618. The molecule has 1 saturated heterocycles. The van der Waals surface area contributed by atoms with Gasteiger partial charge in [-0.1, -0.05) is 15.9 Å². The van der Waals surface area contributed by atoms with Crippen molar-refractivity contribution in [3.63, 3.8) is 0 Å². The van der Waals surface area contributed by atoms with Crippen LogP contribution in [0.1, 0.15) is 55.8 Å². The monoisotopic (exact) mass is 555 g/mol. The first-order valence-corrected chi connectivity index (χ1v) is 12.9. The smallest absolute Gasteiger partial charge is 0.336 e. The van der Waals surface area contributed by atoms with Gasteiger partial charge in [-0.3, -0.25) is 4.79 Å². The van der Waals surface area contributed by atoms with E-state index in [-0.39, 0.29) is 31.2 Å². The van der Waals surface area contributed by atoms with Gasteiger partial charge in [-0.05, 0) is 56.0 Å². The zero-order valence-corrected chi connectivity index (χ0v) is 21.4. The molecular formula is C27H26BrNO7. The van der Waals surface area contributed by atoms with Crippen LogP contribution in [0.5, 0.6) is 11.5 Å². The third-order valence-corrected chi connectivity index (χ3v) is 7.91. The highest BCUT2D eigenvalue weighted by molar-refractivity contribution is 9.10. The van der Waals surface area contributed by atoms with Gasteiger partial charge in [0.05, 0.1) is 17.9 Å². The molecule has 6 rings (SSSR count). The quantitative estimate of drug-likeness (QED) is 0.523. The summed E-state index contributed by atoms with van der Waals surface area (Å²) in [5.74, 6) is 0.794. The minimum Gasteiger partial charge on any atom is -0.469 e. The molecule has 188 valence electrons. The Hall–Kier alpha value is -3.04. The third kappa shape index (κ3) is 4.14. The fourth-order valence-corrected chi connectivity index (χ4v) is 6.07. The Labute approximate surface area is 216 Å². The molecule has 1 aromatic heterocycles. The van der Waals surface area contributed by atoms with E-state index in [4.69, 9.17) is 23.4 Å². The van der Waals surface area contributed by atoms with Crippen LogP contribution in [0.3, 0.4) is 0 Å². The fourth-order valence-electron chi connectivity index (χ4n) is 5.52. The molecule has 1 aromatic carbocycles. The number of ether oxygens (including phenoxy) is 4. The molecule has 3 atom stereocenters. The van der Waals surface area contributed by atoms with Gasteiger partial charge >= 0.3 is 5.97 Å². The highest BCUT2D eigenvalue weighted by Gasteiger charge is 2.43. The van der Waals surface area contributed by atoms with Crippen molar-refractivity contribution in [3.05, 3.63) is 68.9 Å². The Morgan fingerprint density at radius 3 is 2.81 bits per heavy atom. The molecule has 0 unspecified atom stereocenters. The second-order valence-corrected chi connectivity index (χ2v) is 10.3. The maximum absolute atomic E-state index is 13.7. The Morgan fingerprint density at radius 1 is 1.22 bits per heavy atom. The number of dihydropyridines is 1. The van der Waals surface area contributed by atoms with Gasteiger partial charge in [0, 0.05) is 46.3 Å². The number of esters is 1. The lowest BCUT2D eigenvalue weighted by Gasteiger charge is -2.36. The summed E-state index contributed by atoms with van der Waals surface area (Å²) in [5, 5.41) is 3.36. The normalized spacial score (nSPS) is 25.2. The summed E-state index contributed by atoms with van der Waals surface area (Å²) in [6.07, 6.45) is 4.25. The van der Waals surface area contributed by atoms with Crippen LogP contribution in [0.2, 0.25) is 0 Å². The van der Waals surface area contributed by atoms with Crippen molar-refractivity contribution in [1.82, 2.24) is 5.32 Å². The molecule has 4 aliphatic rings. The lowest BCUT2D eigenvalue weighted by Crippen LogP contribution is -2.36. The molecule has 1 fully saturated rings. The van der Waals surface area contributed by atoms with E-state index in [1.165, 1.54) is 0 Å². The van der Waals surface area contributed by atoms with Gasteiger partial charge in [-0.15, -0.1) is 0 Å². The third-order valence-electron chi connectivity index (χ3n) is 7.22. The molecule has 0 bridgehead atoms. The number of rotatable bonds is 5. The number of furan rings is 1. The maximum atomic E-state index is 13.7. The average Bonchev–Trinajstić information content (AvgIpc) is 3.64. The summed E-state index contributed by atoms with van der Waals surface area (Å²) < 4.78 is 28.9. The molecule has 0 amide bonds. The highest BCUT2D eigenvalue weighted by Crippen LogP contribution is 2.49. The summed E-state index contributed by atoms with van der Waals surface area (Å²) in [6, 6.07) is 7.40. The van der Waals surface area contributed by atoms with Crippen LogP contribution in [0.25, 0.3) is 0 Å². The molecule has 2 aromatic rings. The first-order chi connectivity index (χ1) is 17.5. The Kier molecular flexibility index (Phi) is 6.13. The number of halogens is 1. The van der Waals surface area contributed by atoms with Crippen LogP contribution in [0, 0.1) is 0 Å². The van der Waals surface area contributed by atoms with E-state index in [0.29, 0.717) is 47.8 Å². The molecule has 1 N–H and O–H groups in total. The Balaban J connectivity index is 1.40. The predicted octanol–water partition coefficient (Wildman–Crippen LogP) is 4.85. The number of nitrogens with one attached hydrogen (secondary N) is 1. The molecule has 8 nitrogen and oxygen atoms in total. The van der Waals surface area contributed by atoms with Crippen molar-refractivity contribution >= 4 is 27.7 Å². The van der Waals surface area contributed by atoms with Gasteiger partial charge in [0.15, 0.2) is 17.3 Å². The first kappa shape index (κ1) is 23.4. The predicted molar refractivity (Wildman–Crippen MR) is 131 cm³/mol. The maximum Gasteiger partial charge on any atom is 0.336 e. The molecular weight excluding hydrogens is 530 g/mol. The summed E-state index contributed by atoms with van der Waals surface area (Å²) in [5.41, 5.74) is 3.20. The molecule has 4 heterocycles. The lowest BCUT2D eigenvalue weighted by atomic mass is 9.72. The van der Waals surface area contributed by atoms with Gasteiger partial charge in [0.25, 0.3) is 0 Å². The second kappa shape index (κ2) is 9.44. The van der Waals surface area contributed by atoms with E-state index in [2.05, 4.69) is 21.2 Å². The summed E-state index contributed by atoms with van der Waals surface area (Å²) in [7, 11) is 0. The van der Waals surface area contributed by atoms with Crippen LogP contribution >= 0.6 is 15.9 Å². The number of carbonyl (C=O) groups excluding carboxylic acids is 2. The highest BCUT2D eigenvalue weighted by atomic mass is 79.9. The van der Waals surface area contributed by atoms with Crippen LogP contribution in [0.15, 0.2) is 62.0 Å². The largest absolute Gasteiger partial charge is 0.469 e. The summed E-state index contributed by atoms with van der Waals surface area (Å²) in [6.45, 7) is 2.84. The molecule has 3 aliphatic heterocycles. The second-order valence-electron chi connectivity index (χ2n) is 9.49. The summed E-state index contributed by atoms with van der Waals surface area (Å²) in [4.78, 5) is 27.2. The number of benzene rings is 1. The van der Waals surface area contributed by atoms with E-state index in [1.807, 2.05) is 31.2 Å². The van der Waals surface area contributed by atoms with Crippen LogP contribution in [0.4, 0.5) is 0 Å². The van der Waals surface area contributed by atoms with Crippen molar-refractivity contribution in [1.29, 1.82) is 0 Å². The van der Waals surface area contributed by atoms with Gasteiger partial charge in [0.2, 0.25) is 6.79 Å². The summed E-state index contributed by atoms with van der Waals surface area (Å²) >= 11 is 3.66. The molecule has 36 heavy (non-hydrogen) atoms. The average molecular weight is 556 g/mol. The van der Waals surface area contributed by atoms with Gasteiger partial charge < -0.3 is 28.7 Å². The van der Waals surface area contributed by atoms with E-state index in [0.717, 1.165) is 34.3 Å². The van der Waals surface area contributed by atoms with E-state index < -0.39 is 11.9 Å². The van der Waals surface area contributed by atoms with Gasteiger partial charge in [-0.2, -0.15) is 0 Å². The van der Waals surface area contributed by atoms with Crippen molar-refractivity contribution < 1.29 is 33.0 Å². The van der Waals surface area contributed by atoms with Crippen molar-refractivity contribution in [3.8, 4) is 11.5 Å². The molecule has 9 heteroatoms. The number of fused-ring (bicyclic) bond motifs is 1. The number of carbonyl (C=O) groups is 2. The van der Waals surface area contributed by atoms with Crippen molar-refractivity contribution in [2.24, 2.45) is 0 Å². The van der Waals surface area contributed by atoms with E-state index in [1.54, 1.807) is 6.26 Å². The number of Topliss-reactive ketones (excluding diaryl/α,β-unsaturated/α-hetero) is 1. The van der Waals surface area contributed by atoms with Gasteiger partial charge in [-0.25, -0.2) is 4.79 Å².